The van der Waals surface area contributed by atoms with Crippen molar-refractivity contribution in [3.8, 4) is 0 Å². The smallest absolute Gasteiger partial charge is 0.248 e. The van der Waals surface area contributed by atoms with Crippen molar-refractivity contribution in [2.45, 2.75) is 341 Å². The number of primary amides is 2. The molecule has 0 aromatic heterocycles. The lowest BCUT2D eigenvalue weighted by molar-refractivity contribution is -0.148. The predicted octanol–water partition coefficient (Wildman–Crippen LogP) is -3.01. The molecule has 3 aliphatic rings. The summed E-state index contributed by atoms with van der Waals surface area (Å²) in [5, 5.41) is 77.3. The van der Waals surface area contributed by atoms with E-state index in [1.165, 1.54) is 81.1 Å². The van der Waals surface area contributed by atoms with Crippen LogP contribution in [0.25, 0.3) is 0 Å². The molecule has 40 heteroatoms. The lowest BCUT2D eigenvalue weighted by atomic mass is 9.92. The SMILES string of the molecule is CC[C@H](C)[C@H](NC(=O)[C@H](CC(C)C)NC(C)=O)C(=O)N[C@@H](CCC(N)=O)C(=O)N[C@](C)(CC)C(=O)N[C@H](C(=O)N[C@H](C(=O)NC(C)(C)C(=O)N[C@@H](CC(C)C)C(=O)NC(C)(C)C(=O)N1C[C@H](O)C[C@H]1C(=O)N[C@@H](CCC(N)=O)C(=O)NC(C)(C)C(=O)N1C[C@H](O)C[C@H]1C(=O)NC(C)(C)C(=O)N1CCC[C@H]1C(=O)N[C@H](CO)Cc1ccccc1)[C@@H](C)O)[C@@H](C)CC. The first-order chi connectivity index (χ1) is 57.9. The molecule has 0 saturated carbocycles. The standard InChI is InChI=1S/C85H140N18O22/c1-21-46(8)63(93-66(111)56(36-44(4)5)88-49(11)106)73(118)91-55(32-34-62(87)110)68(113)100-85(20,23-3)77(122)95-64(47(9)22-2)74(119)94-65(48(10)105)75(120)99-81(12,13)76(121)92-57(37-45(6)7)69(114)97-84(18,19)79(124)102-41-52(107)39-59(102)71(116)90-54(31-33-61(86)109)67(112)96-83(16,17)80(125)103-42-53(108)40-60(103)72(117)98-82(14,15)78(123)101-35-27-30-58(101)70(115)89-51(43-104)38-50-28-25-24-26-29-50/h24-26,28-29,44-48,51-60,63-65,104-105,107-108H,21-23,27,30-43H2,1-20H3,(H2,86,109)(H2,87,110)(H,88,106)(H,89,115)(H,90,116)(H,91,118)(H,92,121)(H,93,111)(H,94,119)(H,95,122)(H,96,112)(H,97,114)(H,98,117)(H,99,120)(H,100,113)/t46-,47-,48+,51-,52+,53+,54-,55-,56-,57-,58-,59-,60-,63-,64-,65-,85+/m0/s1. The number of aliphatic hydroxyl groups excluding tert-OH is 4. The quantitative estimate of drug-likeness (QED) is 0.0309. The largest absolute Gasteiger partial charge is 0.394 e. The summed E-state index contributed by atoms with van der Waals surface area (Å²) in [4.78, 5) is 255. The molecule has 0 radical (unpaired) electrons. The van der Waals surface area contributed by atoms with Crippen molar-refractivity contribution < 1.29 is 107 Å². The molecular formula is C85H140N18O22. The Morgan fingerprint density at radius 2 is 0.880 bits per heavy atom. The van der Waals surface area contributed by atoms with E-state index in [1.54, 1.807) is 48.5 Å². The maximum Gasteiger partial charge on any atom is 0.248 e. The van der Waals surface area contributed by atoms with Gasteiger partial charge in [-0.1, -0.05) is 105 Å². The van der Waals surface area contributed by atoms with E-state index >= 15 is 0 Å². The Balaban J connectivity index is 1.47. The number of rotatable bonds is 47. The Kier molecular flexibility index (Phi) is 39.9. The van der Waals surface area contributed by atoms with E-state index in [9.17, 15) is 107 Å². The number of benzene rings is 1. The van der Waals surface area contributed by atoms with E-state index in [4.69, 9.17) is 11.5 Å². The normalized spacial score (nSPS) is 19.9. The van der Waals surface area contributed by atoms with Crippen molar-refractivity contribution in [2.24, 2.45) is 35.1 Å². The average Bonchev–Trinajstić information content (AvgIpc) is 1.67. The molecule has 0 aliphatic carbocycles. The fraction of sp³-hybridized carbons (Fsp3) is 0.718. The summed E-state index contributed by atoms with van der Waals surface area (Å²) in [5.74, 6) is -17.1. The van der Waals surface area contributed by atoms with Crippen LogP contribution < -0.4 is 80.6 Å². The summed E-state index contributed by atoms with van der Waals surface area (Å²) in [6, 6.07) is -5.57. The summed E-state index contributed by atoms with van der Waals surface area (Å²) in [6.07, 6.45) is -4.99. The third-order valence-electron chi connectivity index (χ3n) is 22.9. The molecule has 0 bridgehead atoms. The molecule has 0 spiro atoms. The van der Waals surface area contributed by atoms with E-state index in [-0.39, 0.29) is 63.5 Å². The lowest BCUT2D eigenvalue weighted by Gasteiger charge is -2.37. The van der Waals surface area contributed by atoms with Gasteiger partial charge in [-0.2, -0.15) is 0 Å². The highest BCUT2D eigenvalue weighted by Gasteiger charge is 2.51. The maximum atomic E-state index is 14.8. The highest BCUT2D eigenvalue weighted by Crippen LogP contribution is 2.29. The minimum absolute atomic E-state index is 0.0398. The summed E-state index contributed by atoms with van der Waals surface area (Å²) >= 11 is 0. The van der Waals surface area contributed by atoms with Gasteiger partial charge < -0.3 is 116 Å². The summed E-state index contributed by atoms with van der Waals surface area (Å²) in [5.41, 5.74) is 2.47. The second kappa shape index (κ2) is 46.7. The van der Waals surface area contributed by atoms with Crippen LogP contribution in [0.5, 0.6) is 0 Å². The molecule has 3 fully saturated rings. The van der Waals surface area contributed by atoms with E-state index in [2.05, 4.69) is 69.1 Å². The van der Waals surface area contributed by atoms with Crippen LogP contribution in [-0.2, 0) is 92.7 Å². The number of carbonyl (C=O) groups is 18. The van der Waals surface area contributed by atoms with Crippen molar-refractivity contribution in [2.75, 3.05) is 26.2 Å². The van der Waals surface area contributed by atoms with Gasteiger partial charge in [0.25, 0.3) is 0 Å². The van der Waals surface area contributed by atoms with Crippen LogP contribution in [0.3, 0.4) is 0 Å². The molecule has 0 unspecified atom stereocenters. The van der Waals surface area contributed by atoms with Gasteiger partial charge >= 0.3 is 0 Å². The van der Waals surface area contributed by atoms with Gasteiger partial charge in [0, 0.05) is 52.2 Å². The van der Waals surface area contributed by atoms with Crippen molar-refractivity contribution in [1.82, 2.24) is 83.8 Å². The van der Waals surface area contributed by atoms with Crippen molar-refractivity contribution in [3.05, 3.63) is 35.9 Å². The maximum absolute atomic E-state index is 14.8. The molecule has 1 aromatic carbocycles. The second-order valence-corrected chi connectivity index (χ2v) is 36.7. The highest BCUT2D eigenvalue weighted by atomic mass is 16.3. The van der Waals surface area contributed by atoms with Crippen LogP contribution in [0.1, 0.15) is 228 Å². The van der Waals surface area contributed by atoms with E-state index < -0.39 is 269 Å². The van der Waals surface area contributed by atoms with E-state index in [0.29, 0.717) is 25.7 Å². The van der Waals surface area contributed by atoms with Gasteiger partial charge in [-0.3, -0.25) is 86.3 Å². The van der Waals surface area contributed by atoms with Crippen molar-refractivity contribution in [3.63, 3.8) is 0 Å². The minimum Gasteiger partial charge on any atom is -0.394 e. The van der Waals surface area contributed by atoms with Gasteiger partial charge in [0.1, 0.15) is 88.1 Å². The third kappa shape index (κ3) is 31.0. The predicted molar refractivity (Wildman–Crippen MR) is 457 cm³/mol. The molecule has 3 saturated heterocycles. The van der Waals surface area contributed by atoms with E-state index in [1.807, 2.05) is 44.2 Å². The van der Waals surface area contributed by atoms with Gasteiger partial charge in [-0.25, -0.2) is 0 Å². The lowest BCUT2D eigenvalue weighted by Crippen LogP contribution is -2.66. The number of aliphatic hydroxyl groups is 4. The Morgan fingerprint density at radius 1 is 0.456 bits per heavy atom. The number of nitrogens with two attached hydrogens (primary N) is 2. The molecule has 18 amide bonds. The topological polar surface area (TPSA) is 606 Å². The minimum atomic E-state index is -1.97. The van der Waals surface area contributed by atoms with Gasteiger partial charge in [0.05, 0.1) is 31.0 Å². The number of hydrogen-bond acceptors (Lipinski definition) is 22. The van der Waals surface area contributed by atoms with Crippen LogP contribution in [-0.4, -0.2) is 280 Å². The Labute approximate surface area is 731 Å². The Hall–Kier alpha value is -10.5. The molecule has 4 rings (SSSR count). The fourth-order valence-electron chi connectivity index (χ4n) is 15.0. The highest BCUT2D eigenvalue weighted by molar-refractivity contribution is 6.03. The molecule has 3 aliphatic heterocycles. The van der Waals surface area contributed by atoms with Crippen LogP contribution >= 0.6 is 0 Å². The van der Waals surface area contributed by atoms with Crippen LogP contribution in [0.4, 0.5) is 0 Å². The number of amides is 18. The summed E-state index contributed by atoms with van der Waals surface area (Å²) in [6.45, 7) is 28.6. The van der Waals surface area contributed by atoms with Gasteiger partial charge in [0.15, 0.2) is 0 Å². The number of nitrogens with zero attached hydrogens (tertiary/aromatic N) is 3. The Bertz CT molecular complexity index is 4030. The molecule has 125 heavy (non-hydrogen) atoms. The molecule has 702 valence electrons. The zero-order valence-electron chi connectivity index (χ0n) is 76.1. The second-order valence-electron chi connectivity index (χ2n) is 36.7. The summed E-state index contributed by atoms with van der Waals surface area (Å²) in [7, 11) is 0. The Morgan fingerprint density at radius 3 is 1.34 bits per heavy atom. The molecular weight excluding hydrogens is 1630 g/mol. The first kappa shape index (κ1) is 107. The van der Waals surface area contributed by atoms with Crippen LogP contribution in [0.2, 0.25) is 0 Å². The van der Waals surface area contributed by atoms with Gasteiger partial charge in [0.2, 0.25) is 106 Å². The first-order valence-corrected chi connectivity index (χ1v) is 43.1. The molecule has 1 aromatic rings. The van der Waals surface area contributed by atoms with Crippen molar-refractivity contribution >= 4 is 106 Å². The number of carbonyl (C=O) groups excluding carboxylic acids is 18. The number of likely N-dealkylation sites (tertiary alicyclic amines) is 3. The van der Waals surface area contributed by atoms with Crippen LogP contribution in [0.15, 0.2) is 30.3 Å². The average molecular weight is 1770 g/mol. The van der Waals surface area contributed by atoms with Crippen molar-refractivity contribution in [1.29, 1.82) is 0 Å². The van der Waals surface area contributed by atoms with E-state index in [0.717, 1.165) is 15.4 Å². The third-order valence-corrected chi connectivity index (χ3v) is 22.9. The first-order valence-electron chi connectivity index (χ1n) is 43.1. The zero-order chi connectivity index (χ0) is 95.0. The summed E-state index contributed by atoms with van der Waals surface area (Å²) < 4.78 is 0. The monoisotopic (exact) mass is 1770 g/mol. The number of hydrogen-bond donors (Lipinski definition) is 19. The fourth-order valence-corrected chi connectivity index (χ4v) is 15.0. The van der Waals surface area contributed by atoms with Gasteiger partial charge in [-0.05, 0) is 150 Å². The molecule has 40 nitrogen and oxygen atoms in total. The molecule has 17 atom stereocenters. The molecule has 3 heterocycles. The molecule has 21 N–H and O–H groups in total. The number of nitrogens with one attached hydrogen (secondary N) is 13. The van der Waals surface area contributed by atoms with Gasteiger partial charge in [-0.15, -0.1) is 0 Å². The van der Waals surface area contributed by atoms with Crippen LogP contribution in [0, 0.1) is 23.7 Å². The zero-order valence-corrected chi connectivity index (χ0v) is 76.1. The number of β-amino-alcohol motifs (C(OH)–C–C–N with tert-alkyl or cyclic N) is 2.